The monoisotopic (exact) mass is 343 g/mol. The molecule has 1 saturated heterocycles. The van der Waals surface area contributed by atoms with E-state index in [9.17, 15) is 8.42 Å². The second-order valence-corrected chi connectivity index (χ2v) is 8.62. The van der Waals surface area contributed by atoms with Gasteiger partial charge in [-0.15, -0.1) is 0 Å². The molecule has 126 valence electrons. The summed E-state index contributed by atoms with van der Waals surface area (Å²) in [4.78, 5) is 4.93. The maximum atomic E-state index is 13.1. The molecule has 0 spiro atoms. The number of nitrogens with one attached hydrogen (secondary N) is 1. The van der Waals surface area contributed by atoms with E-state index >= 15 is 0 Å². The van der Waals surface area contributed by atoms with Crippen molar-refractivity contribution in [3.63, 3.8) is 0 Å². The van der Waals surface area contributed by atoms with Crippen LogP contribution in [0.3, 0.4) is 0 Å². The summed E-state index contributed by atoms with van der Waals surface area (Å²) in [5.74, 6) is 0.556. The summed E-state index contributed by atoms with van der Waals surface area (Å²) in [6, 6.07) is 11.0. The molecule has 0 aliphatic carbocycles. The van der Waals surface area contributed by atoms with E-state index in [-0.39, 0.29) is 5.92 Å². The first kappa shape index (κ1) is 15.7. The maximum Gasteiger partial charge on any atom is 0.243 e. The van der Waals surface area contributed by atoms with Gasteiger partial charge in [0.2, 0.25) is 10.0 Å². The summed E-state index contributed by atoms with van der Waals surface area (Å²) in [5, 5.41) is 3.39. The summed E-state index contributed by atoms with van der Waals surface area (Å²) in [6.45, 7) is 4.59. The van der Waals surface area contributed by atoms with Crippen LogP contribution in [0.2, 0.25) is 0 Å². The van der Waals surface area contributed by atoms with Gasteiger partial charge in [0.1, 0.15) is 0 Å². The van der Waals surface area contributed by atoms with Crippen molar-refractivity contribution in [3.8, 4) is 0 Å². The van der Waals surface area contributed by atoms with Crippen LogP contribution in [0.4, 0.5) is 0 Å². The highest BCUT2D eigenvalue weighted by Crippen LogP contribution is 2.35. The van der Waals surface area contributed by atoms with Gasteiger partial charge in [-0.25, -0.2) is 8.42 Å². The number of rotatable bonds is 2. The number of benzene rings is 1. The molecular formula is C18H21N3O2S. The Hall–Kier alpha value is -1.76. The van der Waals surface area contributed by atoms with E-state index in [1.54, 1.807) is 22.6 Å². The molecule has 0 saturated carbocycles. The number of sulfonamides is 1. The van der Waals surface area contributed by atoms with E-state index in [2.05, 4.69) is 10.3 Å². The zero-order valence-corrected chi connectivity index (χ0v) is 14.5. The quantitative estimate of drug-likeness (QED) is 0.905. The van der Waals surface area contributed by atoms with Crippen molar-refractivity contribution in [3.05, 3.63) is 59.4 Å². The topological polar surface area (TPSA) is 62.3 Å². The van der Waals surface area contributed by atoms with Gasteiger partial charge in [-0.1, -0.05) is 23.8 Å². The molecule has 6 heteroatoms. The third-order valence-corrected chi connectivity index (χ3v) is 6.89. The zero-order valence-electron chi connectivity index (χ0n) is 13.6. The second kappa shape index (κ2) is 5.95. The number of pyridine rings is 1. The maximum absolute atomic E-state index is 13.1. The number of hydrogen-bond acceptors (Lipinski definition) is 4. The summed E-state index contributed by atoms with van der Waals surface area (Å²) < 4.78 is 27.9. The van der Waals surface area contributed by atoms with Crippen molar-refractivity contribution in [2.24, 2.45) is 5.92 Å². The third-order valence-electron chi connectivity index (χ3n) is 5.06. The fourth-order valence-electron chi connectivity index (χ4n) is 3.72. The van der Waals surface area contributed by atoms with E-state index in [4.69, 9.17) is 0 Å². The molecule has 0 amide bonds. The molecule has 2 aromatic rings. The minimum atomic E-state index is -3.51. The molecule has 4 rings (SSSR count). The molecule has 1 N–H and O–H groups in total. The van der Waals surface area contributed by atoms with Gasteiger partial charge < -0.3 is 5.32 Å². The predicted molar refractivity (Wildman–Crippen MR) is 92.1 cm³/mol. The largest absolute Gasteiger partial charge is 0.316 e. The minimum Gasteiger partial charge on any atom is -0.316 e. The smallest absolute Gasteiger partial charge is 0.243 e. The van der Waals surface area contributed by atoms with Gasteiger partial charge in [-0.2, -0.15) is 4.31 Å². The number of hydrogen-bond donors (Lipinski definition) is 1. The van der Waals surface area contributed by atoms with E-state index in [0.717, 1.165) is 29.9 Å². The lowest BCUT2D eigenvalue weighted by Gasteiger charge is -2.23. The van der Waals surface area contributed by atoms with Crippen molar-refractivity contribution in [2.45, 2.75) is 24.3 Å². The van der Waals surface area contributed by atoms with Crippen molar-refractivity contribution < 1.29 is 8.42 Å². The van der Waals surface area contributed by atoms with Crippen LogP contribution < -0.4 is 5.32 Å². The molecule has 0 bridgehead atoms. The Labute approximate surface area is 142 Å². The Balaban J connectivity index is 1.75. The Bertz CT molecular complexity index is 849. The van der Waals surface area contributed by atoms with Crippen molar-refractivity contribution in [1.29, 1.82) is 0 Å². The minimum absolute atomic E-state index is 0.265. The summed E-state index contributed by atoms with van der Waals surface area (Å²) in [6.07, 6.45) is 1.80. The van der Waals surface area contributed by atoms with Crippen LogP contribution in [-0.2, 0) is 16.6 Å². The fourth-order valence-corrected chi connectivity index (χ4v) is 5.20. The number of fused-ring (bicyclic) bond motifs is 3. The Morgan fingerprint density at radius 1 is 1.17 bits per heavy atom. The molecule has 2 aliphatic heterocycles. The third kappa shape index (κ3) is 2.64. The molecule has 0 radical (unpaired) electrons. The highest BCUT2D eigenvalue weighted by atomic mass is 32.2. The lowest BCUT2D eigenvalue weighted by atomic mass is 9.91. The standard InChI is InChI=1S/C18H21N3O2S/c1-13-4-6-16(7-5-13)24(22,23)21-11-14-3-2-8-20-18(14)17-10-19-9-15(17)12-21/h2-8,15,17,19H,9-12H2,1H3/t15-,17+/m1/s1. The number of aromatic nitrogens is 1. The lowest BCUT2D eigenvalue weighted by Crippen LogP contribution is -2.35. The molecule has 1 aromatic heterocycles. The highest BCUT2D eigenvalue weighted by Gasteiger charge is 2.39. The van der Waals surface area contributed by atoms with Crippen LogP contribution in [0, 0.1) is 12.8 Å². The Morgan fingerprint density at radius 2 is 1.96 bits per heavy atom. The molecule has 3 heterocycles. The van der Waals surface area contributed by atoms with Crippen LogP contribution >= 0.6 is 0 Å². The Kier molecular flexibility index (Phi) is 3.90. The van der Waals surface area contributed by atoms with Crippen LogP contribution in [0.5, 0.6) is 0 Å². The van der Waals surface area contributed by atoms with E-state index in [1.807, 2.05) is 31.2 Å². The summed E-state index contributed by atoms with van der Waals surface area (Å²) in [5.41, 5.74) is 3.12. The first-order chi connectivity index (χ1) is 11.6. The molecule has 0 unspecified atom stereocenters. The van der Waals surface area contributed by atoms with E-state index < -0.39 is 10.0 Å². The molecule has 24 heavy (non-hydrogen) atoms. The van der Waals surface area contributed by atoms with Crippen LogP contribution in [0.1, 0.15) is 22.7 Å². The lowest BCUT2D eigenvalue weighted by molar-refractivity contribution is 0.349. The molecule has 1 fully saturated rings. The van der Waals surface area contributed by atoms with Gasteiger partial charge >= 0.3 is 0 Å². The van der Waals surface area contributed by atoms with Crippen LogP contribution in [0.25, 0.3) is 0 Å². The average Bonchev–Trinajstić information content (AvgIpc) is 2.97. The fraction of sp³-hybridized carbons (Fsp3) is 0.389. The molecule has 2 atom stereocenters. The Morgan fingerprint density at radius 3 is 2.75 bits per heavy atom. The molecule has 2 aliphatic rings. The molecule has 1 aromatic carbocycles. The highest BCUT2D eigenvalue weighted by molar-refractivity contribution is 7.89. The van der Waals surface area contributed by atoms with E-state index in [0.29, 0.717) is 23.9 Å². The zero-order chi connectivity index (χ0) is 16.7. The van der Waals surface area contributed by atoms with Crippen molar-refractivity contribution in [1.82, 2.24) is 14.6 Å². The number of aryl methyl sites for hydroxylation is 1. The van der Waals surface area contributed by atoms with E-state index in [1.165, 1.54) is 0 Å². The van der Waals surface area contributed by atoms with Gasteiger partial charge in [0.25, 0.3) is 0 Å². The predicted octanol–water partition coefficient (Wildman–Crippen LogP) is 1.90. The summed E-state index contributed by atoms with van der Waals surface area (Å²) >= 11 is 0. The van der Waals surface area contributed by atoms with Gasteiger partial charge in [-0.05, 0) is 43.1 Å². The van der Waals surface area contributed by atoms with Gasteiger partial charge in [-0.3, -0.25) is 4.98 Å². The SMILES string of the molecule is Cc1ccc(S(=O)(=O)N2Cc3cccnc3[C@H]3CNC[C@@H]3C2)cc1. The number of nitrogens with zero attached hydrogens (tertiary/aromatic N) is 2. The van der Waals surface area contributed by atoms with Gasteiger partial charge in [0, 0.05) is 37.4 Å². The van der Waals surface area contributed by atoms with Crippen LogP contribution in [0.15, 0.2) is 47.5 Å². The van der Waals surface area contributed by atoms with Gasteiger partial charge in [0.15, 0.2) is 0 Å². The summed E-state index contributed by atoms with van der Waals surface area (Å²) in [7, 11) is -3.51. The molecule has 5 nitrogen and oxygen atoms in total. The van der Waals surface area contributed by atoms with Crippen molar-refractivity contribution in [2.75, 3.05) is 19.6 Å². The first-order valence-corrected chi connectivity index (χ1v) is 9.71. The first-order valence-electron chi connectivity index (χ1n) is 8.27. The molecular weight excluding hydrogens is 322 g/mol. The normalized spacial score (nSPS) is 24.2. The second-order valence-electron chi connectivity index (χ2n) is 6.68. The van der Waals surface area contributed by atoms with Gasteiger partial charge in [0.05, 0.1) is 4.90 Å². The van der Waals surface area contributed by atoms with Crippen LogP contribution in [-0.4, -0.2) is 37.3 Å². The average molecular weight is 343 g/mol. The van der Waals surface area contributed by atoms with Crippen molar-refractivity contribution >= 4 is 10.0 Å².